The van der Waals surface area contributed by atoms with Crippen LogP contribution in [0.4, 0.5) is 34.1 Å². The predicted molar refractivity (Wildman–Crippen MR) is 272 cm³/mol. The van der Waals surface area contributed by atoms with E-state index in [-0.39, 0.29) is 33.8 Å². The molecular formula is C58H59BN2OS. The number of fused-ring (bicyclic) bond motifs is 12. The number of thiophene rings is 1. The molecule has 4 aliphatic rings. The molecule has 0 saturated carbocycles. The standard InChI is InChI=1S/C58H59BN2OS/c1-54(2,3)34-19-21-35(22-20-34)61-45-17-14-16-44-50(45)59(53-51(61)38-24-26-48-49(52(38)63-53)37-15-12-13-18-47(37)62-48)43-32-41-42(58(10,11)30-29-57(41,8)9)33-46(43)60(44)36-23-25-39-40(31-36)56(6,7)28-27-55(39,4)5/h12-26,31-33H,27-30H2,1-11H3. The first kappa shape index (κ1) is 39.3. The average Bonchev–Trinajstić information content (AvgIpc) is 3.82. The zero-order chi connectivity index (χ0) is 43.7. The van der Waals surface area contributed by atoms with Crippen molar-refractivity contribution >= 4 is 99.9 Å². The van der Waals surface area contributed by atoms with Crippen molar-refractivity contribution in [3.63, 3.8) is 0 Å². The summed E-state index contributed by atoms with van der Waals surface area (Å²) < 4.78 is 9.28. The minimum atomic E-state index is 0.0484. The summed E-state index contributed by atoms with van der Waals surface area (Å²) in [5.41, 5.74) is 20.1. The lowest BCUT2D eigenvalue weighted by Crippen LogP contribution is -2.61. The maximum Gasteiger partial charge on any atom is 0.264 e. The van der Waals surface area contributed by atoms with Gasteiger partial charge in [-0.2, -0.15) is 0 Å². The van der Waals surface area contributed by atoms with Gasteiger partial charge in [0.05, 0.1) is 5.69 Å². The number of hydrogen-bond donors (Lipinski definition) is 0. The molecule has 2 aromatic heterocycles. The van der Waals surface area contributed by atoms with Gasteiger partial charge in [-0.3, -0.25) is 0 Å². The van der Waals surface area contributed by atoms with Crippen LogP contribution in [-0.2, 0) is 27.1 Å². The van der Waals surface area contributed by atoms with Gasteiger partial charge in [0.2, 0.25) is 0 Å². The van der Waals surface area contributed by atoms with Crippen LogP contribution in [0.2, 0.25) is 0 Å². The van der Waals surface area contributed by atoms with Crippen LogP contribution in [0.15, 0.2) is 114 Å². The number of hydrogen-bond acceptors (Lipinski definition) is 4. The highest BCUT2D eigenvalue weighted by Gasteiger charge is 2.48. The summed E-state index contributed by atoms with van der Waals surface area (Å²) in [7, 11) is 0. The third-order valence-electron chi connectivity index (χ3n) is 16.2. The monoisotopic (exact) mass is 842 g/mol. The molecule has 0 spiro atoms. The molecule has 5 heteroatoms. The number of furan rings is 1. The second-order valence-corrected chi connectivity index (χ2v) is 24.1. The van der Waals surface area contributed by atoms with Gasteiger partial charge in [0, 0.05) is 54.1 Å². The van der Waals surface area contributed by atoms with E-state index in [2.05, 4.69) is 195 Å². The SMILES string of the molecule is CC(C)(C)c1ccc(N2c3cccc4c3B(c3cc5c(cc3N4c3ccc4c(c3)C(C)(C)CCC4(C)C)C(C)(C)CCC5(C)C)c3sc4c(ccc5oc6ccccc6c54)c32)cc1. The quantitative estimate of drug-likeness (QED) is 0.162. The van der Waals surface area contributed by atoms with Crippen molar-refractivity contribution in [2.45, 2.75) is 129 Å². The Labute approximate surface area is 378 Å². The van der Waals surface area contributed by atoms with Gasteiger partial charge in [0.15, 0.2) is 0 Å². The Morgan fingerprint density at radius 2 is 1.14 bits per heavy atom. The van der Waals surface area contributed by atoms with Gasteiger partial charge in [-0.05, 0) is 152 Å². The lowest BCUT2D eigenvalue weighted by atomic mass is 9.35. The molecule has 0 fully saturated rings. The van der Waals surface area contributed by atoms with Gasteiger partial charge >= 0.3 is 0 Å². The molecule has 316 valence electrons. The summed E-state index contributed by atoms with van der Waals surface area (Å²) in [4.78, 5) is 5.28. The van der Waals surface area contributed by atoms with Crippen molar-refractivity contribution in [3.8, 4) is 0 Å². The fourth-order valence-electron chi connectivity index (χ4n) is 12.1. The number of anilines is 6. The largest absolute Gasteiger partial charge is 0.456 e. The number of para-hydroxylation sites is 1. The Morgan fingerprint density at radius 1 is 0.540 bits per heavy atom. The topological polar surface area (TPSA) is 19.6 Å². The molecule has 0 saturated heterocycles. The normalized spacial score (nSPS) is 18.9. The second-order valence-electron chi connectivity index (χ2n) is 23.1. The Hall–Kier alpha value is -5.26. The first-order valence-electron chi connectivity index (χ1n) is 23.4. The molecule has 0 atom stereocenters. The van der Waals surface area contributed by atoms with E-state index in [0.717, 1.165) is 11.2 Å². The van der Waals surface area contributed by atoms with Crippen molar-refractivity contribution in [2.75, 3.05) is 9.80 Å². The molecule has 0 unspecified atom stereocenters. The zero-order valence-corrected chi connectivity index (χ0v) is 39.8. The third-order valence-corrected chi connectivity index (χ3v) is 17.4. The highest BCUT2D eigenvalue weighted by Crippen LogP contribution is 2.54. The van der Waals surface area contributed by atoms with Crippen molar-refractivity contribution in [1.82, 2.24) is 0 Å². The lowest BCUT2D eigenvalue weighted by molar-refractivity contribution is 0.332. The Kier molecular flexibility index (Phi) is 7.94. The van der Waals surface area contributed by atoms with E-state index in [4.69, 9.17) is 4.42 Å². The second kappa shape index (κ2) is 12.7. The van der Waals surface area contributed by atoms with E-state index >= 15 is 0 Å². The third kappa shape index (κ3) is 5.51. The van der Waals surface area contributed by atoms with E-state index in [9.17, 15) is 0 Å². The molecule has 4 heterocycles. The molecule has 8 aromatic rings. The molecule has 2 aliphatic heterocycles. The summed E-state index contributed by atoms with van der Waals surface area (Å²) in [6.45, 7) is 26.7. The van der Waals surface area contributed by atoms with Gasteiger partial charge in [-0.15, -0.1) is 11.3 Å². The Bertz CT molecular complexity index is 3240. The van der Waals surface area contributed by atoms with Gasteiger partial charge in [0.25, 0.3) is 6.71 Å². The molecule has 0 bridgehead atoms. The van der Waals surface area contributed by atoms with Crippen molar-refractivity contribution in [3.05, 3.63) is 137 Å². The molecule has 0 N–H and O–H groups in total. The molecule has 2 aliphatic carbocycles. The molecule has 63 heavy (non-hydrogen) atoms. The van der Waals surface area contributed by atoms with Crippen LogP contribution in [0, 0.1) is 0 Å². The Balaban J connectivity index is 1.20. The van der Waals surface area contributed by atoms with Crippen LogP contribution in [0.1, 0.15) is 130 Å². The van der Waals surface area contributed by atoms with E-state index in [1.807, 2.05) is 11.3 Å². The molecule has 3 nitrogen and oxygen atoms in total. The summed E-state index contributed by atoms with van der Waals surface area (Å²) in [6.07, 6.45) is 4.74. The van der Waals surface area contributed by atoms with E-state index in [1.165, 1.54) is 124 Å². The fraction of sp³-hybridized carbons (Fsp3) is 0.345. The molecule has 0 radical (unpaired) electrons. The zero-order valence-electron chi connectivity index (χ0n) is 39.0. The summed E-state index contributed by atoms with van der Waals surface area (Å²) in [5.74, 6) is 0. The lowest BCUT2D eigenvalue weighted by Gasteiger charge is -2.47. The predicted octanol–water partition coefficient (Wildman–Crippen LogP) is 14.9. The molecule has 12 rings (SSSR count). The number of nitrogens with zero attached hydrogens (tertiary/aromatic N) is 2. The van der Waals surface area contributed by atoms with Crippen molar-refractivity contribution in [1.29, 1.82) is 0 Å². The fourth-order valence-corrected chi connectivity index (χ4v) is 13.6. The van der Waals surface area contributed by atoms with Crippen LogP contribution in [0.25, 0.3) is 32.0 Å². The highest BCUT2D eigenvalue weighted by molar-refractivity contribution is 7.34. The minimum Gasteiger partial charge on any atom is -0.456 e. The molecular weight excluding hydrogens is 784 g/mol. The molecule has 0 amide bonds. The highest BCUT2D eigenvalue weighted by atomic mass is 32.1. The van der Waals surface area contributed by atoms with Gasteiger partial charge in [-0.1, -0.05) is 125 Å². The van der Waals surface area contributed by atoms with Crippen LogP contribution >= 0.6 is 11.3 Å². The van der Waals surface area contributed by atoms with Crippen molar-refractivity contribution in [2.24, 2.45) is 0 Å². The smallest absolute Gasteiger partial charge is 0.264 e. The van der Waals surface area contributed by atoms with Crippen LogP contribution < -0.4 is 25.5 Å². The minimum absolute atomic E-state index is 0.0484. The van der Waals surface area contributed by atoms with Crippen molar-refractivity contribution < 1.29 is 4.42 Å². The first-order chi connectivity index (χ1) is 29.8. The maximum atomic E-state index is 6.57. The average molecular weight is 843 g/mol. The van der Waals surface area contributed by atoms with Crippen LogP contribution in [0.5, 0.6) is 0 Å². The summed E-state index contributed by atoms with van der Waals surface area (Å²) >= 11 is 1.99. The Morgan fingerprint density at radius 3 is 1.83 bits per heavy atom. The van der Waals surface area contributed by atoms with Gasteiger partial charge in [0.1, 0.15) is 11.2 Å². The molecule has 6 aromatic carbocycles. The first-order valence-corrected chi connectivity index (χ1v) is 24.2. The van der Waals surface area contributed by atoms with E-state index < -0.39 is 0 Å². The van der Waals surface area contributed by atoms with Gasteiger partial charge < -0.3 is 14.2 Å². The summed E-state index contributed by atoms with van der Waals surface area (Å²) in [5, 5.41) is 3.69. The summed E-state index contributed by atoms with van der Waals surface area (Å²) in [6, 6.07) is 42.5. The number of benzene rings is 6. The maximum absolute atomic E-state index is 6.57. The number of rotatable bonds is 2. The van der Waals surface area contributed by atoms with E-state index in [1.54, 1.807) is 0 Å². The van der Waals surface area contributed by atoms with Crippen LogP contribution in [-0.4, -0.2) is 6.71 Å². The van der Waals surface area contributed by atoms with Gasteiger partial charge in [-0.25, -0.2) is 0 Å². The van der Waals surface area contributed by atoms with Crippen LogP contribution in [0.3, 0.4) is 0 Å². The van der Waals surface area contributed by atoms with E-state index in [0.29, 0.717) is 0 Å².